The molecule has 14 heavy (non-hydrogen) atoms. The highest BCUT2D eigenvalue weighted by Gasteiger charge is 2.56. The Labute approximate surface area is 84.4 Å². The standard InChI is InChI=1S/C11H18O3/c12-9-3-1-2-8-4-5-11(10(8)9)13-6-7-14-11/h8-10,12H,1-7H2/t8-,9+,10-/m0/s1. The van der Waals surface area contributed by atoms with Crippen molar-refractivity contribution in [2.75, 3.05) is 13.2 Å². The van der Waals surface area contributed by atoms with Crippen molar-refractivity contribution in [2.45, 2.75) is 44.0 Å². The molecule has 0 aromatic carbocycles. The normalized spacial score (nSPS) is 45.6. The molecule has 2 aliphatic carbocycles. The average Bonchev–Trinajstić information content (AvgIpc) is 2.77. The molecule has 2 saturated carbocycles. The van der Waals surface area contributed by atoms with E-state index >= 15 is 0 Å². The van der Waals surface area contributed by atoms with Crippen LogP contribution in [0, 0.1) is 11.8 Å². The van der Waals surface area contributed by atoms with Gasteiger partial charge in [0.25, 0.3) is 0 Å². The van der Waals surface area contributed by atoms with Gasteiger partial charge >= 0.3 is 0 Å². The summed E-state index contributed by atoms with van der Waals surface area (Å²) in [4.78, 5) is 0. The van der Waals surface area contributed by atoms with Gasteiger partial charge in [-0.1, -0.05) is 6.42 Å². The molecule has 3 heteroatoms. The van der Waals surface area contributed by atoms with E-state index in [1.807, 2.05) is 0 Å². The molecule has 1 N–H and O–H groups in total. The molecule has 0 unspecified atom stereocenters. The first-order chi connectivity index (χ1) is 6.82. The van der Waals surface area contributed by atoms with E-state index in [4.69, 9.17) is 9.47 Å². The quantitative estimate of drug-likeness (QED) is 0.637. The summed E-state index contributed by atoms with van der Waals surface area (Å²) in [5.41, 5.74) is 0. The second-order valence-electron chi connectivity index (χ2n) is 4.83. The Hall–Kier alpha value is -0.120. The van der Waals surface area contributed by atoms with Gasteiger partial charge in [-0.15, -0.1) is 0 Å². The zero-order valence-corrected chi connectivity index (χ0v) is 8.45. The van der Waals surface area contributed by atoms with Gasteiger partial charge in [-0.3, -0.25) is 0 Å². The van der Waals surface area contributed by atoms with Crippen molar-refractivity contribution in [3.8, 4) is 0 Å². The number of hydrogen-bond acceptors (Lipinski definition) is 3. The fourth-order valence-corrected chi connectivity index (χ4v) is 3.60. The van der Waals surface area contributed by atoms with E-state index in [1.165, 1.54) is 19.3 Å². The van der Waals surface area contributed by atoms with Gasteiger partial charge in [-0.2, -0.15) is 0 Å². The Morgan fingerprint density at radius 1 is 1.07 bits per heavy atom. The monoisotopic (exact) mass is 198 g/mol. The van der Waals surface area contributed by atoms with Crippen molar-refractivity contribution in [1.29, 1.82) is 0 Å². The molecule has 3 rings (SSSR count). The summed E-state index contributed by atoms with van der Waals surface area (Å²) in [7, 11) is 0. The molecule has 1 spiro atoms. The molecule has 3 nitrogen and oxygen atoms in total. The van der Waals surface area contributed by atoms with Crippen molar-refractivity contribution >= 4 is 0 Å². The predicted molar refractivity (Wildman–Crippen MR) is 50.7 cm³/mol. The Morgan fingerprint density at radius 2 is 1.86 bits per heavy atom. The lowest BCUT2D eigenvalue weighted by Gasteiger charge is -2.38. The molecule has 1 aliphatic heterocycles. The van der Waals surface area contributed by atoms with Gasteiger partial charge in [-0.25, -0.2) is 0 Å². The molecular formula is C11H18O3. The van der Waals surface area contributed by atoms with Gasteiger partial charge in [0.1, 0.15) is 0 Å². The predicted octanol–water partition coefficient (Wildman–Crippen LogP) is 1.30. The van der Waals surface area contributed by atoms with Gasteiger partial charge in [0.05, 0.1) is 19.3 Å². The van der Waals surface area contributed by atoms with Crippen molar-refractivity contribution in [1.82, 2.24) is 0 Å². The van der Waals surface area contributed by atoms with Crippen molar-refractivity contribution in [3.05, 3.63) is 0 Å². The summed E-state index contributed by atoms with van der Waals surface area (Å²) in [6, 6.07) is 0. The van der Waals surface area contributed by atoms with Crippen LogP contribution in [0.2, 0.25) is 0 Å². The summed E-state index contributed by atoms with van der Waals surface area (Å²) in [6.45, 7) is 1.41. The van der Waals surface area contributed by atoms with Crippen LogP contribution >= 0.6 is 0 Å². The maximum Gasteiger partial charge on any atom is 0.174 e. The highest BCUT2D eigenvalue weighted by molar-refractivity contribution is 4.99. The third kappa shape index (κ3) is 1.16. The Kier molecular flexibility index (Phi) is 2.08. The first-order valence-corrected chi connectivity index (χ1v) is 5.78. The van der Waals surface area contributed by atoms with Gasteiger partial charge in [-0.05, 0) is 25.2 Å². The third-order valence-electron chi connectivity index (χ3n) is 4.14. The van der Waals surface area contributed by atoms with Gasteiger partial charge in [0.15, 0.2) is 5.79 Å². The smallest absolute Gasteiger partial charge is 0.174 e. The highest BCUT2D eigenvalue weighted by Crippen LogP contribution is 2.51. The van der Waals surface area contributed by atoms with E-state index in [-0.39, 0.29) is 12.0 Å². The first-order valence-electron chi connectivity index (χ1n) is 5.78. The minimum Gasteiger partial charge on any atom is -0.393 e. The van der Waals surface area contributed by atoms with E-state index in [0.29, 0.717) is 19.1 Å². The van der Waals surface area contributed by atoms with Crippen LogP contribution in [0.1, 0.15) is 32.1 Å². The maximum absolute atomic E-state index is 10.0. The summed E-state index contributed by atoms with van der Waals surface area (Å²) in [5.74, 6) is 0.487. The van der Waals surface area contributed by atoms with Crippen LogP contribution in [0.4, 0.5) is 0 Å². The lowest BCUT2D eigenvalue weighted by Crippen LogP contribution is -2.45. The molecule has 0 aromatic heterocycles. The van der Waals surface area contributed by atoms with E-state index in [1.54, 1.807) is 0 Å². The van der Waals surface area contributed by atoms with E-state index in [2.05, 4.69) is 0 Å². The molecular weight excluding hydrogens is 180 g/mol. The molecule has 3 aliphatic rings. The number of rotatable bonds is 0. The molecule has 1 heterocycles. The van der Waals surface area contributed by atoms with Crippen LogP contribution in [0.25, 0.3) is 0 Å². The molecule has 0 radical (unpaired) electrons. The number of fused-ring (bicyclic) bond motifs is 2. The number of aliphatic hydroxyl groups excluding tert-OH is 1. The minimum absolute atomic E-state index is 0.200. The molecule has 0 aromatic rings. The van der Waals surface area contributed by atoms with Crippen LogP contribution in [0.15, 0.2) is 0 Å². The SMILES string of the molecule is O[C@@H]1CCC[C@H]2CCC3(OCCO3)[C@@H]21. The summed E-state index contributed by atoms with van der Waals surface area (Å²) in [5, 5.41) is 10.0. The molecule has 1 saturated heterocycles. The Balaban J connectivity index is 1.86. The zero-order valence-electron chi connectivity index (χ0n) is 8.45. The number of hydrogen-bond donors (Lipinski definition) is 1. The molecule has 0 amide bonds. The fraction of sp³-hybridized carbons (Fsp3) is 1.00. The fourth-order valence-electron chi connectivity index (χ4n) is 3.60. The first kappa shape index (κ1) is 9.13. The zero-order chi connectivity index (χ0) is 9.60. The molecule has 3 atom stereocenters. The summed E-state index contributed by atoms with van der Waals surface area (Å²) in [6.07, 6.45) is 5.29. The topological polar surface area (TPSA) is 38.7 Å². The van der Waals surface area contributed by atoms with Crippen molar-refractivity contribution in [2.24, 2.45) is 11.8 Å². The minimum atomic E-state index is -0.398. The lowest BCUT2D eigenvalue weighted by atomic mass is 9.77. The van der Waals surface area contributed by atoms with Crippen LogP contribution in [-0.2, 0) is 9.47 Å². The third-order valence-corrected chi connectivity index (χ3v) is 4.14. The van der Waals surface area contributed by atoms with Crippen molar-refractivity contribution < 1.29 is 14.6 Å². The second kappa shape index (κ2) is 3.19. The molecule has 0 bridgehead atoms. The van der Waals surface area contributed by atoms with Gasteiger partial charge < -0.3 is 14.6 Å². The Morgan fingerprint density at radius 3 is 2.64 bits per heavy atom. The van der Waals surface area contributed by atoms with E-state index in [9.17, 15) is 5.11 Å². The maximum atomic E-state index is 10.0. The lowest BCUT2D eigenvalue weighted by molar-refractivity contribution is -0.212. The van der Waals surface area contributed by atoms with Crippen LogP contribution < -0.4 is 0 Å². The van der Waals surface area contributed by atoms with Crippen LogP contribution in [-0.4, -0.2) is 30.2 Å². The molecule has 3 fully saturated rings. The summed E-state index contributed by atoms with van der Waals surface area (Å²) < 4.78 is 11.5. The summed E-state index contributed by atoms with van der Waals surface area (Å²) >= 11 is 0. The Bertz CT molecular complexity index is 223. The van der Waals surface area contributed by atoms with Crippen molar-refractivity contribution in [3.63, 3.8) is 0 Å². The van der Waals surface area contributed by atoms with E-state index < -0.39 is 5.79 Å². The number of aliphatic hydroxyl groups is 1. The number of ether oxygens (including phenoxy) is 2. The second-order valence-corrected chi connectivity index (χ2v) is 4.83. The molecule has 80 valence electrons. The van der Waals surface area contributed by atoms with Crippen LogP contribution in [0.3, 0.4) is 0 Å². The van der Waals surface area contributed by atoms with Gasteiger partial charge in [0.2, 0.25) is 0 Å². The van der Waals surface area contributed by atoms with Gasteiger partial charge in [0, 0.05) is 12.3 Å². The largest absolute Gasteiger partial charge is 0.393 e. The van der Waals surface area contributed by atoms with Crippen LogP contribution in [0.5, 0.6) is 0 Å². The average molecular weight is 198 g/mol. The van der Waals surface area contributed by atoms with E-state index in [0.717, 1.165) is 12.8 Å². The highest BCUT2D eigenvalue weighted by atomic mass is 16.7.